The molecule has 1 aliphatic heterocycles. The molecule has 3 heteroatoms. The van der Waals surface area contributed by atoms with E-state index in [0.717, 1.165) is 22.8 Å². The minimum atomic E-state index is 0.0526. The zero-order valence-electron chi connectivity index (χ0n) is 10.2. The van der Waals surface area contributed by atoms with Gasteiger partial charge in [0.25, 0.3) is 0 Å². The molecular formula is C14H19NOS. The van der Waals surface area contributed by atoms with Crippen molar-refractivity contribution in [2.24, 2.45) is 0 Å². The number of ether oxygens (including phenoxy) is 1. The second kappa shape index (κ2) is 6.01. The van der Waals surface area contributed by atoms with Crippen molar-refractivity contribution in [3.8, 4) is 5.75 Å². The highest BCUT2D eigenvalue weighted by Gasteiger charge is 2.23. The van der Waals surface area contributed by atoms with Crippen molar-refractivity contribution in [1.29, 1.82) is 0 Å². The molecule has 0 saturated carbocycles. The molecule has 2 nitrogen and oxygen atoms in total. The summed E-state index contributed by atoms with van der Waals surface area (Å²) >= 11 is 5.35. The first-order valence-corrected chi connectivity index (χ1v) is 6.78. The molecule has 1 aliphatic rings. The molecule has 1 heterocycles. The van der Waals surface area contributed by atoms with Gasteiger partial charge in [0.15, 0.2) is 0 Å². The normalized spacial score (nSPS) is 18.2. The van der Waals surface area contributed by atoms with E-state index in [9.17, 15) is 0 Å². The maximum absolute atomic E-state index is 5.92. The van der Waals surface area contributed by atoms with Crippen LogP contribution in [-0.4, -0.2) is 11.1 Å². The summed E-state index contributed by atoms with van der Waals surface area (Å²) in [6.45, 7) is 2.22. The van der Waals surface area contributed by atoms with Crippen molar-refractivity contribution in [1.82, 2.24) is 0 Å². The van der Waals surface area contributed by atoms with Crippen molar-refractivity contribution < 1.29 is 4.74 Å². The summed E-state index contributed by atoms with van der Waals surface area (Å²) in [7, 11) is 0. The monoisotopic (exact) mass is 249 g/mol. The van der Waals surface area contributed by atoms with Crippen LogP contribution in [-0.2, 0) is 0 Å². The fourth-order valence-corrected chi connectivity index (χ4v) is 2.32. The Hall–Kier alpha value is -1.09. The SMILES string of the molecule is CCCCCCC1Oc2ccccc2NC1=S. The Labute approximate surface area is 108 Å². The van der Waals surface area contributed by atoms with Gasteiger partial charge in [0.05, 0.1) is 5.69 Å². The van der Waals surface area contributed by atoms with Crippen molar-refractivity contribution in [3.63, 3.8) is 0 Å². The first kappa shape index (κ1) is 12.4. The number of fused-ring (bicyclic) bond motifs is 1. The molecular weight excluding hydrogens is 230 g/mol. The van der Waals surface area contributed by atoms with E-state index in [1.54, 1.807) is 0 Å². The molecule has 1 unspecified atom stereocenters. The summed E-state index contributed by atoms with van der Waals surface area (Å²) in [4.78, 5) is 0.820. The molecule has 1 aromatic carbocycles. The van der Waals surface area contributed by atoms with Crippen LogP contribution in [0.15, 0.2) is 24.3 Å². The van der Waals surface area contributed by atoms with E-state index in [2.05, 4.69) is 12.2 Å². The Balaban J connectivity index is 1.91. The predicted molar refractivity (Wildman–Crippen MR) is 75.8 cm³/mol. The number of hydrogen-bond donors (Lipinski definition) is 1. The lowest BCUT2D eigenvalue weighted by Crippen LogP contribution is -2.35. The van der Waals surface area contributed by atoms with E-state index in [1.807, 2.05) is 24.3 Å². The van der Waals surface area contributed by atoms with Crippen molar-refractivity contribution in [3.05, 3.63) is 24.3 Å². The van der Waals surface area contributed by atoms with Gasteiger partial charge in [-0.2, -0.15) is 0 Å². The molecule has 2 rings (SSSR count). The third kappa shape index (κ3) is 3.19. The largest absolute Gasteiger partial charge is 0.481 e. The first-order chi connectivity index (χ1) is 8.31. The van der Waals surface area contributed by atoms with Gasteiger partial charge < -0.3 is 10.1 Å². The highest BCUT2D eigenvalue weighted by atomic mass is 32.1. The molecule has 0 aliphatic carbocycles. The summed E-state index contributed by atoms with van der Waals surface area (Å²) in [6.07, 6.45) is 6.07. The number of rotatable bonds is 5. The lowest BCUT2D eigenvalue weighted by molar-refractivity contribution is 0.249. The Bertz CT molecular complexity index is 392. The molecule has 17 heavy (non-hydrogen) atoms. The van der Waals surface area contributed by atoms with Crippen LogP contribution < -0.4 is 10.1 Å². The number of anilines is 1. The average Bonchev–Trinajstić information content (AvgIpc) is 2.35. The van der Waals surface area contributed by atoms with Crippen LogP contribution in [0.2, 0.25) is 0 Å². The fraction of sp³-hybridized carbons (Fsp3) is 0.500. The molecule has 0 radical (unpaired) electrons. The maximum atomic E-state index is 5.92. The summed E-state index contributed by atoms with van der Waals surface area (Å²) < 4.78 is 5.92. The molecule has 0 saturated heterocycles. The van der Waals surface area contributed by atoms with E-state index < -0.39 is 0 Å². The van der Waals surface area contributed by atoms with Crippen molar-refractivity contribution in [2.45, 2.75) is 45.1 Å². The van der Waals surface area contributed by atoms with Gasteiger partial charge in [0, 0.05) is 0 Å². The summed E-state index contributed by atoms with van der Waals surface area (Å²) in [5, 5.41) is 3.26. The molecule has 0 bridgehead atoms. The van der Waals surface area contributed by atoms with Crippen LogP contribution in [0.5, 0.6) is 5.75 Å². The van der Waals surface area contributed by atoms with Gasteiger partial charge in [-0.1, -0.05) is 50.5 Å². The van der Waals surface area contributed by atoms with E-state index in [4.69, 9.17) is 17.0 Å². The predicted octanol–water partition coefficient (Wildman–Crippen LogP) is 4.16. The maximum Gasteiger partial charge on any atom is 0.149 e. The molecule has 1 aromatic rings. The Morgan fingerprint density at radius 3 is 2.88 bits per heavy atom. The van der Waals surface area contributed by atoms with Crippen LogP contribution in [0.3, 0.4) is 0 Å². The quantitative estimate of drug-likeness (QED) is 0.625. The molecule has 92 valence electrons. The molecule has 0 amide bonds. The van der Waals surface area contributed by atoms with E-state index >= 15 is 0 Å². The topological polar surface area (TPSA) is 21.3 Å². The summed E-state index contributed by atoms with van der Waals surface area (Å²) in [5.74, 6) is 0.918. The first-order valence-electron chi connectivity index (χ1n) is 6.38. The Kier molecular flexibility index (Phi) is 4.37. The minimum absolute atomic E-state index is 0.0526. The lowest BCUT2D eigenvalue weighted by Gasteiger charge is -2.28. The van der Waals surface area contributed by atoms with Crippen LogP contribution in [0.4, 0.5) is 5.69 Å². The number of nitrogens with one attached hydrogen (secondary N) is 1. The second-order valence-electron chi connectivity index (χ2n) is 4.44. The molecule has 0 spiro atoms. The van der Waals surface area contributed by atoms with Gasteiger partial charge in [0.2, 0.25) is 0 Å². The average molecular weight is 249 g/mol. The third-order valence-electron chi connectivity index (χ3n) is 3.03. The zero-order chi connectivity index (χ0) is 12.1. The van der Waals surface area contributed by atoms with Crippen LogP contribution in [0.1, 0.15) is 39.0 Å². The van der Waals surface area contributed by atoms with Gasteiger partial charge in [-0.05, 0) is 25.0 Å². The smallest absolute Gasteiger partial charge is 0.149 e. The minimum Gasteiger partial charge on any atom is -0.481 e. The van der Waals surface area contributed by atoms with E-state index in [-0.39, 0.29) is 6.10 Å². The number of benzene rings is 1. The highest BCUT2D eigenvalue weighted by molar-refractivity contribution is 7.80. The van der Waals surface area contributed by atoms with Gasteiger partial charge in [-0.25, -0.2) is 0 Å². The Morgan fingerprint density at radius 1 is 1.24 bits per heavy atom. The van der Waals surface area contributed by atoms with Gasteiger partial charge in [-0.15, -0.1) is 0 Å². The number of para-hydroxylation sites is 2. The van der Waals surface area contributed by atoms with Gasteiger partial charge >= 0.3 is 0 Å². The standard InChI is InChI=1S/C14H19NOS/c1-2-3-4-5-10-13-14(17)15-11-8-6-7-9-12(11)16-13/h6-9,13H,2-5,10H2,1H3,(H,15,17). The van der Waals surface area contributed by atoms with E-state index in [1.165, 1.54) is 25.7 Å². The number of unbranched alkanes of at least 4 members (excludes halogenated alkanes) is 3. The molecule has 1 atom stereocenters. The number of hydrogen-bond acceptors (Lipinski definition) is 2. The second-order valence-corrected chi connectivity index (χ2v) is 4.88. The number of thiocarbonyl (C=S) groups is 1. The molecule has 1 N–H and O–H groups in total. The third-order valence-corrected chi connectivity index (χ3v) is 3.39. The summed E-state index contributed by atoms with van der Waals surface area (Å²) in [6, 6.07) is 7.96. The highest BCUT2D eigenvalue weighted by Crippen LogP contribution is 2.30. The molecule has 0 fully saturated rings. The van der Waals surface area contributed by atoms with Crippen LogP contribution in [0, 0.1) is 0 Å². The molecule has 0 aromatic heterocycles. The van der Waals surface area contributed by atoms with Crippen LogP contribution in [0.25, 0.3) is 0 Å². The van der Waals surface area contributed by atoms with Crippen molar-refractivity contribution >= 4 is 22.9 Å². The van der Waals surface area contributed by atoms with Crippen molar-refractivity contribution in [2.75, 3.05) is 5.32 Å². The van der Waals surface area contributed by atoms with Crippen LogP contribution >= 0.6 is 12.2 Å². The van der Waals surface area contributed by atoms with E-state index in [0.29, 0.717) is 0 Å². The Morgan fingerprint density at radius 2 is 2.06 bits per heavy atom. The fourth-order valence-electron chi connectivity index (χ4n) is 2.04. The lowest BCUT2D eigenvalue weighted by atomic mass is 10.1. The van der Waals surface area contributed by atoms with Gasteiger partial charge in [-0.3, -0.25) is 0 Å². The van der Waals surface area contributed by atoms with Gasteiger partial charge in [0.1, 0.15) is 16.8 Å². The summed E-state index contributed by atoms with van der Waals surface area (Å²) in [5.41, 5.74) is 0.988. The zero-order valence-corrected chi connectivity index (χ0v) is 11.1.